The Labute approximate surface area is 99.8 Å². The SMILES string of the molecule is CCCc1ccccc1/C(N)=C/C(=O)C(=O)[O-]. The minimum absolute atomic E-state index is 0.156. The summed E-state index contributed by atoms with van der Waals surface area (Å²) >= 11 is 0. The van der Waals surface area contributed by atoms with Crippen molar-refractivity contribution in [3.05, 3.63) is 41.5 Å². The Kier molecular flexibility index (Phi) is 4.46. The van der Waals surface area contributed by atoms with Crippen molar-refractivity contribution in [2.45, 2.75) is 19.8 Å². The second kappa shape index (κ2) is 5.84. The minimum atomic E-state index is -1.75. The van der Waals surface area contributed by atoms with E-state index in [4.69, 9.17) is 5.73 Å². The van der Waals surface area contributed by atoms with Gasteiger partial charge in [-0.15, -0.1) is 0 Å². The third-order valence-electron chi connectivity index (χ3n) is 2.34. The molecule has 2 N–H and O–H groups in total. The molecule has 0 spiro atoms. The lowest BCUT2D eigenvalue weighted by Gasteiger charge is -2.08. The molecule has 0 radical (unpaired) electrons. The van der Waals surface area contributed by atoms with Crippen LogP contribution < -0.4 is 10.8 Å². The molecular weight excluding hydrogens is 218 g/mol. The number of hydrogen-bond donors (Lipinski definition) is 1. The van der Waals surface area contributed by atoms with Crippen molar-refractivity contribution in [3.8, 4) is 0 Å². The van der Waals surface area contributed by atoms with Gasteiger partial charge in [-0.05, 0) is 12.0 Å². The van der Waals surface area contributed by atoms with Crippen molar-refractivity contribution in [3.63, 3.8) is 0 Å². The molecular formula is C13H14NO3-. The number of carboxylic acid groups (broad SMARTS) is 1. The number of aliphatic carboxylic acids is 1. The average Bonchev–Trinajstić information content (AvgIpc) is 2.29. The summed E-state index contributed by atoms with van der Waals surface area (Å²) in [5, 5.41) is 10.3. The van der Waals surface area contributed by atoms with Gasteiger partial charge in [0.05, 0.1) is 0 Å². The van der Waals surface area contributed by atoms with Crippen LogP contribution in [0.15, 0.2) is 30.3 Å². The van der Waals surface area contributed by atoms with Crippen molar-refractivity contribution in [2.24, 2.45) is 5.73 Å². The lowest BCUT2D eigenvalue weighted by molar-refractivity contribution is -0.299. The smallest absolute Gasteiger partial charge is 0.203 e. The fourth-order valence-electron chi connectivity index (χ4n) is 1.57. The van der Waals surface area contributed by atoms with E-state index in [1.165, 1.54) is 0 Å². The summed E-state index contributed by atoms with van der Waals surface area (Å²) in [6.07, 6.45) is 2.66. The fraction of sp³-hybridized carbons (Fsp3) is 0.231. The largest absolute Gasteiger partial charge is 0.541 e. The van der Waals surface area contributed by atoms with Gasteiger partial charge in [-0.1, -0.05) is 37.6 Å². The van der Waals surface area contributed by atoms with Gasteiger partial charge in [0.15, 0.2) is 0 Å². The van der Waals surface area contributed by atoms with Crippen LogP contribution in [0, 0.1) is 0 Å². The number of carbonyl (C=O) groups excluding carboxylic acids is 2. The standard InChI is InChI=1S/C13H15NO3/c1-2-5-9-6-3-4-7-10(9)11(14)8-12(15)13(16)17/h3-4,6-8H,2,5,14H2,1H3,(H,16,17)/p-1/b11-8-. The number of aryl methyl sites for hydroxylation is 1. The molecule has 0 aliphatic heterocycles. The van der Waals surface area contributed by atoms with Gasteiger partial charge < -0.3 is 15.6 Å². The van der Waals surface area contributed by atoms with Crippen LogP contribution in [-0.4, -0.2) is 11.8 Å². The lowest BCUT2D eigenvalue weighted by atomic mass is 10.0. The summed E-state index contributed by atoms with van der Waals surface area (Å²) in [6.45, 7) is 2.03. The van der Waals surface area contributed by atoms with Gasteiger partial charge >= 0.3 is 0 Å². The molecule has 0 aromatic heterocycles. The summed E-state index contributed by atoms with van der Waals surface area (Å²) < 4.78 is 0. The molecule has 90 valence electrons. The minimum Gasteiger partial charge on any atom is -0.541 e. The van der Waals surface area contributed by atoms with E-state index in [1.54, 1.807) is 12.1 Å². The second-order valence-corrected chi connectivity index (χ2v) is 3.66. The Morgan fingerprint density at radius 1 is 1.35 bits per heavy atom. The van der Waals surface area contributed by atoms with Gasteiger partial charge in [-0.3, -0.25) is 4.79 Å². The van der Waals surface area contributed by atoms with E-state index in [-0.39, 0.29) is 5.70 Å². The van der Waals surface area contributed by atoms with Crippen LogP contribution in [0.5, 0.6) is 0 Å². The first-order valence-corrected chi connectivity index (χ1v) is 5.37. The topological polar surface area (TPSA) is 83.2 Å². The fourth-order valence-corrected chi connectivity index (χ4v) is 1.57. The van der Waals surface area contributed by atoms with Crippen molar-refractivity contribution < 1.29 is 14.7 Å². The van der Waals surface area contributed by atoms with Crippen LogP contribution >= 0.6 is 0 Å². The lowest BCUT2D eigenvalue weighted by Crippen LogP contribution is -2.30. The van der Waals surface area contributed by atoms with Gasteiger partial charge in [-0.2, -0.15) is 0 Å². The molecule has 0 atom stereocenters. The van der Waals surface area contributed by atoms with Gasteiger partial charge in [0, 0.05) is 17.3 Å². The van der Waals surface area contributed by atoms with E-state index in [0.29, 0.717) is 5.56 Å². The van der Waals surface area contributed by atoms with Crippen LogP contribution in [0.1, 0.15) is 24.5 Å². The molecule has 17 heavy (non-hydrogen) atoms. The van der Waals surface area contributed by atoms with Gasteiger partial charge in [0.1, 0.15) is 5.97 Å². The maximum Gasteiger partial charge on any atom is 0.203 e. The zero-order chi connectivity index (χ0) is 12.8. The van der Waals surface area contributed by atoms with E-state index in [9.17, 15) is 14.7 Å². The molecule has 0 unspecified atom stereocenters. The van der Waals surface area contributed by atoms with E-state index >= 15 is 0 Å². The Balaban J connectivity index is 3.07. The third-order valence-corrected chi connectivity index (χ3v) is 2.34. The van der Waals surface area contributed by atoms with Crippen molar-refractivity contribution in [2.75, 3.05) is 0 Å². The monoisotopic (exact) mass is 232 g/mol. The van der Waals surface area contributed by atoms with Crippen LogP contribution in [0.4, 0.5) is 0 Å². The van der Waals surface area contributed by atoms with Gasteiger partial charge in [0.2, 0.25) is 5.78 Å². The highest BCUT2D eigenvalue weighted by Gasteiger charge is 2.06. The zero-order valence-corrected chi connectivity index (χ0v) is 9.60. The Morgan fingerprint density at radius 2 is 2.00 bits per heavy atom. The predicted octanol–water partition coefficient (Wildman–Crippen LogP) is 0.258. The summed E-state index contributed by atoms with van der Waals surface area (Å²) in [4.78, 5) is 21.3. The molecule has 1 aromatic rings. The van der Waals surface area contributed by atoms with Crippen molar-refractivity contribution in [1.29, 1.82) is 0 Å². The van der Waals surface area contributed by atoms with E-state index < -0.39 is 11.8 Å². The highest BCUT2D eigenvalue weighted by atomic mass is 16.4. The Hall–Kier alpha value is -2.10. The molecule has 0 aliphatic rings. The normalized spacial score (nSPS) is 11.2. The summed E-state index contributed by atoms with van der Waals surface area (Å²) in [7, 11) is 0. The Morgan fingerprint density at radius 3 is 2.59 bits per heavy atom. The molecule has 0 heterocycles. The van der Waals surface area contributed by atoms with Crippen molar-refractivity contribution in [1.82, 2.24) is 0 Å². The molecule has 4 nitrogen and oxygen atoms in total. The molecule has 0 aliphatic carbocycles. The van der Waals surface area contributed by atoms with Crippen LogP contribution in [0.25, 0.3) is 5.70 Å². The first-order valence-electron chi connectivity index (χ1n) is 5.37. The number of ketones is 1. The molecule has 0 saturated carbocycles. The summed E-state index contributed by atoms with van der Waals surface area (Å²) in [6, 6.07) is 7.34. The van der Waals surface area contributed by atoms with Gasteiger partial charge in [-0.25, -0.2) is 0 Å². The first kappa shape index (κ1) is 13.0. The maximum atomic E-state index is 11.0. The Bertz CT molecular complexity index is 463. The molecule has 0 fully saturated rings. The second-order valence-electron chi connectivity index (χ2n) is 3.66. The number of carboxylic acids is 1. The average molecular weight is 232 g/mol. The molecule has 0 saturated heterocycles. The van der Waals surface area contributed by atoms with Crippen molar-refractivity contribution >= 4 is 17.4 Å². The number of rotatable bonds is 5. The number of nitrogens with two attached hydrogens (primary N) is 1. The summed E-state index contributed by atoms with van der Waals surface area (Å²) in [5.74, 6) is -2.87. The molecule has 0 amide bonds. The van der Waals surface area contributed by atoms with Crippen LogP contribution in [0.2, 0.25) is 0 Å². The molecule has 1 rings (SSSR count). The first-order chi connectivity index (χ1) is 8.06. The number of hydrogen-bond acceptors (Lipinski definition) is 4. The molecule has 4 heteroatoms. The van der Waals surface area contributed by atoms with Crippen LogP contribution in [-0.2, 0) is 16.0 Å². The molecule has 1 aromatic carbocycles. The highest BCUT2D eigenvalue weighted by molar-refractivity contribution is 6.37. The number of benzene rings is 1. The maximum absolute atomic E-state index is 11.0. The van der Waals surface area contributed by atoms with Crippen LogP contribution in [0.3, 0.4) is 0 Å². The highest BCUT2D eigenvalue weighted by Crippen LogP contribution is 2.16. The quantitative estimate of drug-likeness (QED) is 0.583. The third kappa shape index (κ3) is 3.45. The zero-order valence-electron chi connectivity index (χ0n) is 9.60. The number of carbonyl (C=O) groups is 2. The molecule has 0 bridgehead atoms. The van der Waals surface area contributed by atoms with E-state index in [2.05, 4.69) is 0 Å². The predicted molar refractivity (Wildman–Crippen MR) is 62.6 cm³/mol. The summed E-state index contributed by atoms with van der Waals surface area (Å²) in [5.41, 5.74) is 7.56. The van der Waals surface area contributed by atoms with E-state index in [1.807, 2.05) is 19.1 Å². The van der Waals surface area contributed by atoms with E-state index in [0.717, 1.165) is 24.5 Å². The van der Waals surface area contributed by atoms with Gasteiger partial charge in [0.25, 0.3) is 0 Å².